The Balaban J connectivity index is 1.87. The van der Waals surface area contributed by atoms with Crippen molar-refractivity contribution in [2.24, 2.45) is 0 Å². The highest BCUT2D eigenvalue weighted by molar-refractivity contribution is 7.17. The molecule has 11 heteroatoms. The van der Waals surface area contributed by atoms with E-state index in [4.69, 9.17) is 16.3 Å². The summed E-state index contributed by atoms with van der Waals surface area (Å²) >= 11 is 6.83. The van der Waals surface area contributed by atoms with E-state index in [0.717, 1.165) is 23.3 Å². The zero-order valence-electron chi connectivity index (χ0n) is 15.2. The Morgan fingerprint density at radius 3 is 2.72 bits per heavy atom. The second-order valence-electron chi connectivity index (χ2n) is 6.34. The number of fused-ring (bicyclic) bond motifs is 1. The molecule has 0 fully saturated rings. The first kappa shape index (κ1) is 21.4. The molecule has 0 aromatic carbocycles. The smallest absolute Gasteiger partial charge is 0.417 e. The van der Waals surface area contributed by atoms with Crippen LogP contribution in [-0.4, -0.2) is 23.1 Å². The summed E-state index contributed by atoms with van der Waals surface area (Å²) in [7, 11) is 0. The van der Waals surface area contributed by atoms with Gasteiger partial charge in [0.05, 0.1) is 17.7 Å². The van der Waals surface area contributed by atoms with Gasteiger partial charge >= 0.3 is 12.1 Å². The third-order valence-corrected chi connectivity index (χ3v) is 5.82. The summed E-state index contributed by atoms with van der Waals surface area (Å²) in [4.78, 5) is 37.7. The number of nitrogens with one attached hydrogen (secondary N) is 1. The molecule has 0 saturated heterocycles. The van der Waals surface area contributed by atoms with Gasteiger partial charge < -0.3 is 14.6 Å². The number of ether oxygens (including phenoxy) is 1. The first-order chi connectivity index (χ1) is 13.6. The van der Waals surface area contributed by atoms with Crippen LogP contribution >= 0.6 is 22.9 Å². The molecule has 2 aromatic heterocycles. The van der Waals surface area contributed by atoms with E-state index in [1.165, 1.54) is 11.3 Å². The van der Waals surface area contributed by atoms with Gasteiger partial charge in [0.1, 0.15) is 16.6 Å². The molecule has 1 aliphatic rings. The lowest BCUT2D eigenvalue weighted by molar-refractivity contribution is -0.138. The summed E-state index contributed by atoms with van der Waals surface area (Å²) in [5.41, 5.74) is -0.971. The lowest BCUT2D eigenvalue weighted by Crippen LogP contribution is -2.29. The van der Waals surface area contributed by atoms with Crippen molar-refractivity contribution in [1.29, 1.82) is 0 Å². The second kappa shape index (κ2) is 8.19. The van der Waals surface area contributed by atoms with Crippen LogP contribution in [0, 0.1) is 0 Å². The minimum atomic E-state index is -4.72. The van der Waals surface area contributed by atoms with Crippen LogP contribution in [0.25, 0.3) is 0 Å². The quantitative estimate of drug-likeness (QED) is 0.704. The minimum absolute atomic E-state index is 0.162. The number of amides is 1. The average molecular weight is 449 g/mol. The van der Waals surface area contributed by atoms with Gasteiger partial charge in [0, 0.05) is 11.1 Å². The first-order valence-corrected chi connectivity index (χ1v) is 9.90. The minimum Gasteiger partial charge on any atom is -0.462 e. The van der Waals surface area contributed by atoms with Crippen molar-refractivity contribution in [2.45, 2.75) is 38.9 Å². The number of aromatic nitrogens is 1. The monoisotopic (exact) mass is 448 g/mol. The van der Waals surface area contributed by atoms with E-state index in [2.05, 4.69) is 5.32 Å². The molecule has 0 bridgehead atoms. The van der Waals surface area contributed by atoms with Crippen molar-refractivity contribution in [3.8, 4) is 0 Å². The van der Waals surface area contributed by atoms with Crippen molar-refractivity contribution in [3.05, 3.63) is 49.2 Å². The fraction of sp³-hybridized carbons (Fsp3) is 0.389. The Morgan fingerprint density at radius 2 is 2.07 bits per heavy atom. The lowest BCUT2D eigenvalue weighted by Gasteiger charge is -2.12. The molecule has 1 amide bonds. The Labute approximate surface area is 172 Å². The van der Waals surface area contributed by atoms with Crippen molar-refractivity contribution in [3.63, 3.8) is 0 Å². The molecule has 3 rings (SSSR count). The van der Waals surface area contributed by atoms with Crippen LogP contribution in [0.2, 0.25) is 5.02 Å². The van der Waals surface area contributed by atoms with Crippen molar-refractivity contribution < 1.29 is 27.5 Å². The zero-order valence-corrected chi connectivity index (χ0v) is 16.8. The largest absolute Gasteiger partial charge is 0.462 e. The fourth-order valence-electron chi connectivity index (χ4n) is 3.10. The highest BCUT2D eigenvalue weighted by Crippen LogP contribution is 2.39. The molecule has 0 unspecified atom stereocenters. The third-order valence-electron chi connectivity index (χ3n) is 4.34. The number of alkyl halides is 3. The molecule has 156 valence electrons. The molecule has 6 nitrogen and oxygen atoms in total. The molecule has 1 aliphatic carbocycles. The van der Waals surface area contributed by atoms with Gasteiger partial charge in [-0.1, -0.05) is 11.6 Å². The SMILES string of the molecule is CCOC(=O)c1c(NC(=O)Cn2cc(C(F)(F)F)cc(Cl)c2=O)sc2c1CCC2. The van der Waals surface area contributed by atoms with Crippen LogP contribution in [0.4, 0.5) is 18.2 Å². The maximum absolute atomic E-state index is 12.9. The van der Waals surface area contributed by atoms with E-state index in [-0.39, 0.29) is 17.2 Å². The second-order valence-corrected chi connectivity index (χ2v) is 7.85. The molecule has 0 saturated carbocycles. The Hall–Kier alpha value is -2.33. The van der Waals surface area contributed by atoms with Gasteiger partial charge in [0.2, 0.25) is 5.91 Å². The molecule has 1 N–H and O–H groups in total. The van der Waals surface area contributed by atoms with Crippen molar-refractivity contribution in [2.75, 3.05) is 11.9 Å². The van der Waals surface area contributed by atoms with E-state index in [1.54, 1.807) is 6.92 Å². The van der Waals surface area contributed by atoms with Crippen LogP contribution in [-0.2, 0) is 35.1 Å². The number of hydrogen-bond donors (Lipinski definition) is 1. The van der Waals surface area contributed by atoms with E-state index in [9.17, 15) is 27.6 Å². The molecule has 29 heavy (non-hydrogen) atoms. The topological polar surface area (TPSA) is 77.4 Å². The van der Waals surface area contributed by atoms with E-state index in [1.807, 2.05) is 0 Å². The number of carbonyl (C=O) groups is 2. The normalized spacial score (nSPS) is 13.3. The first-order valence-electron chi connectivity index (χ1n) is 8.70. The van der Waals surface area contributed by atoms with Crippen LogP contribution < -0.4 is 10.9 Å². The maximum atomic E-state index is 12.9. The zero-order chi connectivity index (χ0) is 21.3. The van der Waals surface area contributed by atoms with Gasteiger partial charge in [-0.2, -0.15) is 13.2 Å². The predicted octanol–water partition coefficient (Wildman–Crippen LogP) is 3.89. The van der Waals surface area contributed by atoms with Gasteiger partial charge in [-0.3, -0.25) is 9.59 Å². The van der Waals surface area contributed by atoms with Gasteiger partial charge in [-0.15, -0.1) is 11.3 Å². The molecule has 0 atom stereocenters. The molecule has 0 spiro atoms. The predicted molar refractivity (Wildman–Crippen MR) is 102 cm³/mol. The Kier molecular flexibility index (Phi) is 6.04. The van der Waals surface area contributed by atoms with Crippen molar-refractivity contribution >= 4 is 39.8 Å². The van der Waals surface area contributed by atoms with Gasteiger partial charge in [-0.25, -0.2) is 4.79 Å². The highest BCUT2D eigenvalue weighted by Gasteiger charge is 2.32. The Bertz CT molecular complexity index is 1030. The lowest BCUT2D eigenvalue weighted by atomic mass is 10.1. The number of esters is 1. The number of carbonyl (C=O) groups excluding carboxylic acids is 2. The number of nitrogens with zero attached hydrogens (tertiary/aromatic N) is 1. The van der Waals surface area contributed by atoms with Gasteiger partial charge in [0.25, 0.3) is 5.56 Å². The summed E-state index contributed by atoms with van der Waals surface area (Å²) < 4.78 is 44.5. The summed E-state index contributed by atoms with van der Waals surface area (Å²) in [6.45, 7) is 1.13. The maximum Gasteiger partial charge on any atom is 0.417 e. The molecule has 0 radical (unpaired) electrons. The number of anilines is 1. The third kappa shape index (κ3) is 4.48. The van der Waals surface area contributed by atoms with Gasteiger partial charge in [0.15, 0.2) is 0 Å². The van der Waals surface area contributed by atoms with Crippen LogP contribution in [0.1, 0.15) is 39.7 Å². The summed E-state index contributed by atoms with van der Waals surface area (Å²) in [5, 5.41) is 2.15. The number of pyridine rings is 1. The number of halogens is 4. The number of aryl methyl sites for hydroxylation is 1. The summed E-state index contributed by atoms with van der Waals surface area (Å²) in [6, 6.07) is 0.515. The molecule has 2 heterocycles. The highest BCUT2D eigenvalue weighted by atomic mass is 35.5. The molecule has 0 aliphatic heterocycles. The van der Waals surface area contributed by atoms with Crippen LogP contribution in [0.5, 0.6) is 0 Å². The van der Waals surface area contributed by atoms with E-state index < -0.39 is 40.7 Å². The van der Waals surface area contributed by atoms with Crippen molar-refractivity contribution in [1.82, 2.24) is 4.57 Å². The van der Waals surface area contributed by atoms with E-state index in [0.29, 0.717) is 23.3 Å². The molecule has 2 aromatic rings. The molecular weight excluding hydrogens is 433 g/mol. The number of rotatable bonds is 5. The summed E-state index contributed by atoms with van der Waals surface area (Å²) in [5.74, 6) is -1.32. The van der Waals surface area contributed by atoms with E-state index >= 15 is 0 Å². The average Bonchev–Trinajstić information content (AvgIpc) is 3.18. The van der Waals surface area contributed by atoms with Gasteiger partial charge in [-0.05, 0) is 37.8 Å². The fourth-order valence-corrected chi connectivity index (χ4v) is 4.62. The summed E-state index contributed by atoms with van der Waals surface area (Å²) in [6.07, 6.45) is -1.85. The van der Waals surface area contributed by atoms with Crippen LogP contribution in [0.3, 0.4) is 0 Å². The number of hydrogen-bond acceptors (Lipinski definition) is 5. The van der Waals surface area contributed by atoms with Crippen LogP contribution in [0.15, 0.2) is 17.1 Å². The standard InChI is InChI=1S/C18H16ClF3N2O4S/c1-2-28-17(27)14-10-4-3-5-12(10)29-15(14)23-13(25)8-24-7-9(18(20,21)22)6-11(19)16(24)26/h6-7H,2-5,8H2,1H3,(H,23,25). The molecular formula is C18H16ClF3N2O4S. The number of thiophene rings is 1. The Morgan fingerprint density at radius 1 is 1.34 bits per heavy atom.